The summed E-state index contributed by atoms with van der Waals surface area (Å²) in [5.74, 6) is 0.514. The number of para-hydroxylation sites is 1. The minimum absolute atomic E-state index is 0.168. The summed E-state index contributed by atoms with van der Waals surface area (Å²) >= 11 is 1.50. The predicted octanol–water partition coefficient (Wildman–Crippen LogP) is 3.77. The molecule has 0 radical (unpaired) electrons. The number of nitrogens with zero attached hydrogens (tertiary/aromatic N) is 3. The van der Waals surface area contributed by atoms with Crippen molar-refractivity contribution in [3.8, 4) is 16.3 Å². The van der Waals surface area contributed by atoms with Crippen LogP contribution < -0.4 is 4.74 Å². The van der Waals surface area contributed by atoms with E-state index in [1.54, 1.807) is 7.11 Å². The van der Waals surface area contributed by atoms with E-state index in [4.69, 9.17) is 9.47 Å². The summed E-state index contributed by atoms with van der Waals surface area (Å²) in [7, 11) is 1.64. The lowest BCUT2D eigenvalue weighted by Gasteiger charge is -2.05. The fourth-order valence-corrected chi connectivity index (χ4v) is 3.48. The number of carbonyl (C=O) groups is 1. The van der Waals surface area contributed by atoms with Crippen LogP contribution in [-0.2, 0) is 22.7 Å². The molecule has 2 aromatic heterocycles. The Bertz CT molecular complexity index is 901. The Kier molecular flexibility index (Phi) is 5.68. The predicted molar refractivity (Wildman–Crippen MR) is 100 cm³/mol. The van der Waals surface area contributed by atoms with E-state index < -0.39 is 0 Å². The van der Waals surface area contributed by atoms with Gasteiger partial charge in [-0.15, -0.1) is 11.3 Å². The number of benzene rings is 1. The largest absolute Gasteiger partial charge is 0.496 e. The van der Waals surface area contributed by atoms with Crippen molar-refractivity contribution in [3.05, 3.63) is 52.8 Å². The number of aromatic nitrogens is 3. The first-order valence-electron chi connectivity index (χ1n) is 8.31. The van der Waals surface area contributed by atoms with Gasteiger partial charge in [-0.1, -0.05) is 12.1 Å². The molecule has 0 aliphatic heterocycles. The van der Waals surface area contributed by atoms with Gasteiger partial charge in [-0.3, -0.25) is 9.48 Å². The van der Waals surface area contributed by atoms with Crippen molar-refractivity contribution in [2.45, 2.75) is 33.4 Å². The second kappa shape index (κ2) is 8.14. The van der Waals surface area contributed by atoms with Gasteiger partial charge in [-0.05, 0) is 32.0 Å². The maximum absolute atomic E-state index is 12.0. The first-order chi connectivity index (χ1) is 12.6. The van der Waals surface area contributed by atoms with Gasteiger partial charge in [0, 0.05) is 11.1 Å². The quantitative estimate of drug-likeness (QED) is 0.592. The molecule has 3 aromatic rings. The van der Waals surface area contributed by atoms with E-state index in [9.17, 15) is 4.79 Å². The summed E-state index contributed by atoms with van der Waals surface area (Å²) in [6, 6.07) is 9.71. The van der Waals surface area contributed by atoms with Crippen molar-refractivity contribution in [1.82, 2.24) is 14.8 Å². The summed E-state index contributed by atoms with van der Waals surface area (Å²) in [6.45, 7) is 4.59. The van der Waals surface area contributed by atoms with Crippen LogP contribution in [0.4, 0.5) is 0 Å². The monoisotopic (exact) mass is 371 g/mol. The zero-order chi connectivity index (χ0) is 18.5. The van der Waals surface area contributed by atoms with Gasteiger partial charge >= 0.3 is 5.97 Å². The van der Waals surface area contributed by atoms with Crippen LogP contribution in [0.2, 0.25) is 0 Å². The Balaban J connectivity index is 1.54. The Morgan fingerprint density at radius 2 is 2.08 bits per heavy atom. The molecule has 0 amide bonds. The van der Waals surface area contributed by atoms with Crippen molar-refractivity contribution in [1.29, 1.82) is 0 Å². The summed E-state index contributed by atoms with van der Waals surface area (Å²) in [4.78, 5) is 16.5. The van der Waals surface area contributed by atoms with E-state index in [0.717, 1.165) is 33.4 Å². The van der Waals surface area contributed by atoms with Crippen LogP contribution >= 0.6 is 11.3 Å². The van der Waals surface area contributed by atoms with E-state index in [1.165, 1.54) is 11.3 Å². The maximum atomic E-state index is 12.0. The lowest BCUT2D eigenvalue weighted by Crippen LogP contribution is -2.11. The third-order valence-electron chi connectivity index (χ3n) is 3.90. The highest BCUT2D eigenvalue weighted by molar-refractivity contribution is 7.13. The summed E-state index contributed by atoms with van der Waals surface area (Å²) in [5, 5.41) is 7.08. The normalized spacial score (nSPS) is 10.7. The van der Waals surface area contributed by atoms with Crippen LogP contribution in [0.1, 0.15) is 23.5 Å². The molecule has 0 aliphatic carbocycles. The summed E-state index contributed by atoms with van der Waals surface area (Å²) in [6.07, 6.45) is 0.283. The van der Waals surface area contributed by atoms with E-state index >= 15 is 0 Å². The second-order valence-electron chi connectivity index (χ2n) is 5.91. The number of thiazole rings is 1. The first-order valence-corrected chi connectivity index (χ1v) is 9.19. The van der Waals surface area contributed by atoms with Gasteiger partial charge in [-0.25, -0.2) is 4.98 Å². The number of hydrogen-bond acceptors (Lipinski definition) is 6. The van der Waals surface area contributed by atoms with E-state index in [2.05, 4.69) is 10.1 Å². The SMILES string of the molecule is COc1ccccc1-c1nc(COC(=O)CCn2nc(C)cc2C)cs1. The Morgan fingerprint density at radius 1 is 1.27 bits per heavy atom. The maximum Gasteiger partial charge on any atom is 0.308 e. The Hall–Kier alpha value is -2.67. The Morgan fingerprint density at radius 3 is 2.81 bits per heavy atom. The lowest BCUT2D eigenvalue weighted by atomic mass is 10.2. The number of carbonyl (C=O) groups excluding carboxylic acids is 1. The second-order valence-corrected chi connectivity index (χ2v) is 6.76. The number of ether oxygens (including phenoxy) is 2. The van der Waals surface area contributed by atoms with Gasteiger partial charge in [0.2, 0.25) is 0 Å². The molecular formula is C19H21N3O3S. The van der Waals surface area contributed by atoms with Crippen molar-refractivity contribution < 1.29 is 14.3 Å². The zero-order valence-electron chi connectivity index (χ0n) is 15.1. The fourth-order valence-electron chi connectivity index (χ4n) is 2.64. The average Bonchev–Trinajstić information content (AvgIpc) is 3.24. The highest BCUT2D eigenvalue weighted by Crippen LogP contribution is 2.31. The van der Waals surface area contributed by atoms with Crippen LogP contribution in [0.5, 0.6) is 5.75 Å². The molecular weight excluding hydrogens is 350 g/mol. The van der Waals surface area contributed by atoms with Crippen LogP contribution in [0.15, 0.2) is 35.7 Å². The molecule has 26 heavy (non-hydrogen) atoms. The number of methoxy groups -OCH3 is 1. The van der Waals surface area contributed by atoms with Gasteiger partial charge < -0.3 is 9.47 Å². The molecule has 1 aromatic carbocycles. The topological polar surface area (TPSA) is 66.2 Å². The number of esters is 1. The van der Waals surface area contributed by atoms with Gasteiger partial charge in [0.25, 0.3) is 0 Å². The number of aryl methyl sites for hydroxylation is 3. The molecule has 2 heterocycles. The molecule has 0 unspecified atom stereocenters. The Labute approximate surface area is 156 Å². The molecule has 3 rings (SSSR count). The van der Waals surface area contributed by atoms with Gasteiger partial charge in [-0.2, -0.15) is 5.10 Å². The van der Waals surface area contributed by atoms with Crippen LogP contribution in [0.3, 0.4) is 0 Å². The van der Waals surface area contributed by atoms with Crippen LogP contribution in [0.25, 0.3) is 10.6 Å². The van der Waals surface area contributed by atoms with Crippen molar-refractivity contribution >= 4 is 17.3 Å². The van der Waals surface area contributed by atoms with Crippen molar-refractivity contribution in [2.75, 3.05) is 7.11 Å². The molecule has 0 spiro atoms. The van der Waals surface area contributed by atoms with Crippen molar-refractivity contribution in [3.63, 3.8) is 0 Å². The van der Waals surface area contributed by atoms with Crippen LogP contribution in [-0.4, -0.2) is 27.8 Å². The number of rotatable bonds is 7. The van der Waals surface area contributed by atoms with Crippen LogP contribution in [0, 0.1) is 13.8 Å². The molecule has 0 atom stereocenters. The van der Waals surface area contributed by atoms with E-state index in [-0.39, 0.29) is 19.0 Å². The third-order valence-corrected chi connectivity index (χ3v) is 4.83. The molecule has 0 saturated heterocycles. The first kappa shape index (κ1) is 18.1. The fraction of sp³-hybridized carbons (Fsp3) is 0.316. The minimum atomic E-state index is -0.260. The molecule has 0 saturated carbocycles. The van der Waals surface area contributed by atoms with Gasteiger partial charge in [0.1, 0.15) is 17.4 Å². The molecule has 0 fully saturated rings. The summed E-state index contributed by atoms with van der Waals surface area (Å²) in [5.41, 5.74) is 3.65. The smallest absolute Gasteiger partial charge is 0.308 e. The molecule has 0 aliphatic rings. The molecule has 0 N–H and O–H groups in total. The third kappa shape index (κ3) is 4.29. The number of hydrogen-bond donors (Lipinski definition) is 0. The molecule has 6 nitrogen and oxygen atoms in total. The van der Waals surface area contributed by atoms with Gasteiger partial charge in [0.05, 0.1) is 37.0 Å². The standard InChI is InChI=1S/C19H21N3O3S/c1-13-10-14(2)22(21-13)9-8-18(23)25-11-15-12-26-19(20-15)16-6-4-5-7-17(16)24-3/h4-7,10,12H,8-9,11H2,1-3H3. The minimum Gasteiger partial charge on any atom is -0.496 e. The van der Waals surface area contributed by atoms with Crippen molar-refractivity contribution in [2.24, 2.45) is 0 Å². The van der Waals surface area contributed by atoms with E-state index in [0.29, 0.717) is 6.54 Å². The van der Waals surface area contributed by atoms with Gasteiger partial charge in [0.15, 0.2) is 0 Å². The lowest BCUT2D eigenvalue weighted by molar-refractivity contribution is -0.145. The molecule has 7 heteroatoms. The molecule has 0 bridgehead atoms. The molecule has 136 valence electrons. The highest BCUT2D eigenvalue weighted by atomic mass is 32.1. The highest BCUT2D eigenvalue weighted by Gasteiger charge is 2.12. The van der Waals surface area contributed by atoms with E-state index in [1.807, 2.05) is 54.2 Å². The zero-order valence-corrected chi connectivity index (χ0v) is 15.9. The average molecular weight is 371 g/mol. The summed E-state index contributed by atoms with van der Waals surface area (Å²) < 4.78 is 12.5.